The monoisotopic (exact) mass is 386 g/mol. The lowest BCUT2D eigenvalue weighted by Gasteiger charge is -2.18. The van der Waals surface area contributed by atoms with E-state index in [0.717, 1.165) is 11.0 Å². The summed E-state index contributed by atoms with van der Waals surface area (Å²) in [5.74, 6) is 1.10. The molecule has 0 radical (unpaired) electrons. The molecule has 0 saturated heterocycles. The number of hydrazone groups is 1. The fourth-order valence-electron chi connectivity index (χ4n) is 2.67. The quantitative estimate of drug-likeness (QED) is 0.494. The number of para-hydroxylation sites is 1. The molecule has 8 heteroatoms. The van der Waals surface area contributed by atoms with Gasteiger partial charge >= 0.3 is 0 Å². The van der Waals surface area contributed by atoms with Crippen LogP contribution in [0.15, 0.2) is 63.1 Å². The zero-order chi connectivity index (χ0) is 19.4. The van der Waals surface area contributed by atoms with Crippen LogP contribution in [0.3, 0.4) is 0 Å². The van der Waals surface area contributed by atoms with E-state index in [1.165, 1.54) is 16.6 Å². The highest BCUT2D eigenvalue weighted by Crippen LogP contribution is 2.20. The average molecular weight is 386 g/mol. The molecule has 0 unspecified atom stereocenters. The molecule has 0 amide bonds. The molecule has 142 valence electrons. The maximum atomic E-state index is 12.5. The van der Waals surface area contributed by atoms with E-state index in [2.05, 4.69) is 15.5 Å². The average Bonchev–Trinajstić information content (AvgIpc) is 3.11. The Labute approximate surface area is 158 Å². The molecule has 3 aromatic rings. The Hall–Kier alpha value is -2.71. The first kappa shape index (κ1) is 19.1. The van der Waals surface area contributed by atoms with Crippen LogP contribution in [0, 0.1) is 0 Å². The third-order valence-electron chi connectivity index (χ3n) is 4.20. The molecule has 0 saturated carbocycles. The molecule has 1 N–H and O–H groups in total. The van der Waals surface area contributed by atoms with Crippen molar-refractivity contribution >= 4 is 32.5 Å². The van der Waals surface area contributed by atoms with E-state index in [-0.39, 0.29) is 4.90 Å². The van der Waals surface area contributed by atoms with Crippen molar-refractivity contribution in [3.05, 3.63) is 54.4 Å². The van der Waals surface area contributed by atoms with E-state index < -0.39 is 10.0 Å². The number of nitrogens with one attached hydrogen (secondary N) is 1. The van der Waals surface area contributed by atoms with Crippen LogP contribution in [0.1, 0.15) is 26.5 Å². The second kappa shape index (κ2) is 7.89. The van der Waals surface area contributed by atoms with E-state index in [1.807, 2.05) is 37.3 Å². The standard InChI is InChI=1S/C19H22N4O3S/c1-4-23(5-2)27(24,25)16-10-11-19(20-13-16)22-21-14(3)18-12-15-8-6-7-9-17(15)26-18/h6-13H,4-5H2,1-3H3,(H,20,22)/b21-14+. The number of furan rings is 1. The molecule has 0 aliphatic carbocycles. The van der Waals surface area contributed by atoms with Crippen molar-refractivity contribution in [1.29, 1.82) is 0 Å². The van der Waals surface area contributed by atoms with Gasteiger partial charge in [0.25, 0.3) is 0 Å². The fourth-order valence-corrected chi connectivity index (χ4v) is 4.07. The Balaban J connectivity index is 1.75. The number of nitrogens with zero attached hydrogens (tertiary/aromatic N) is 3. The van der Waals surface area contributed by atoms with Crippen LogP contribution in [0.5, 0.6) is 0 Å². The summed E-state index contributed by atoms with van der Waals surface area (Å²) >= 11 is 0. The Morgan fingerprint density at radius 1 is 1.19 bits per heavy atom. The Bertz CT molecular complexity index is 1020. The van der Waals surface area contributed by atoms with Gasteiger partial charge in [0.05, 0.1) is 0 Å². The molecule has 1 aromatic carbocycles. The van der Waals surface area contributed by atoms with Crippen LogP contribution in [0.4, 0.5) is 5.82 Å². The summed E-state index contributed by atoms with van der Waals surface area (Å²) in [5.41, 5.74) is 4.29. The van der Waals surface area contributed by atoms with Crippen molar-refractivity contribution in [3.63, 3.8) is 0 Å². The molecule has 0 atom stereocenters. The topological polar surface area (TPSA) is 87.8 Å². The van der Waals surface area contributed by atoms with Gasteiger partial charge in [0.15, 0.2) is 5.76 Å². The van der Waals surface area contributed by atoms with Crippen LogP contribution in [-0.2, 0) is 10.0 Å². The van der Waals surface area contributed by atoms with Gasteiger partial charge in [-0.2, -0.15) is 9.41 Å². The zero-order valence-electron chi connectivity index (χ0n) is 15.5. The minimum Gasteiger partial charge on any atom is -0.455 e. The van der Waals surface area contributed by atoms with Gasteiger partial charge in [-0.25, -0.2) is 13.4 Å². The number of aromatic nitrogens is 1. The van der Waals surface area contributed by atoms with Crippen LogP contribution < -0.4 is 5.43 Å². The minimum absolute atomic E-state index is 0.162. The Kier molecular flexibility index (Phi) is 5.57. The lowest BCUT2D eigenvalue weighted by Crippen LogP contribution is -2.30. The predicted molar refractivity (Wildman–Crippen MR) is 106 cm³/mol. The Morgan fingerprint density at radius 3 is 2.56 bits per heavy atom. The van der Waals surface area contributed by atoms with Crippen molar-refractivity contribution in [2.75, 3.05) is 18.5 Å². The highest BCUT2D eigenvalue weighted by atomic mass is 32.2. The highest BCUT2D eigenvalue weighted by Gasteiger charge is 2.21. The molecule has 0 spiro atoms. The number of anilines is 1. The number of rotatable bonds is 7. The molecule has 0 fully saturated rings. The van der Waals surface area contributed by atoms with Crippen LogP contribution in [-0.4, -0.2) is 36.5 Å². The minimum atomic E-state index is -3.51. The molecule has 7 nitrogen and oxygen atoms in total. The van der Waals surface area contributed by atoms with Crippen molar-refractivity contribution in [2.45, 2.75) is 25.7 Å². The molecule has 2 heterocycles. The van der Waals surface area contributed by atoms with Crippen LogP contribution in [0.2, 0.25) is 0 Å². The lowest BCUT2D eigenvalue weighted by atomic mass is 10.2. The maximum absolute atomic E-state index is 12.5. The van der Waals surface area contributed by atoms with Crippen molar-refractivity contribution in [2.24, 2.45) is 5.10 Å². The summed E-state index contributed by atoms with van der Waals surface area (Å²) < 4.78 is 32.1. The number of hydrogen-bond acceptors (Lipinski definition) is 6. The normalized spacial score (nSPS) is 12.7. The summed E-state index contributed by atoms with van der Waals surface area (Å²) in [6.07, 6.45) is 1.34. The fraction of sp³-hybridized carbons (Fsp3) is 0.263. The molecule has 0 bridgehead atoms. The molecule has 0 aliphatic heterocycles. The van der Waals surface area contributed by atoms with Gasteiger partial charge in [-0.15, -0.1) is 0 Å². The van der Waals surface area contributed by atoms with Gasteiger partial charge in [0.1, 0.15) is 22.0 Å². The van der Waals surface area contributed by atoms with Crippen molar-refractivity contribution < 1.29 is 12.8 Å². The van der Waals surface area contributed by atoms with Crippen molar-refractivity contribution in [1.82, 2.24) is 9.29 Å². The van der Waals surface area contributed by atoms with E-state index in [9.17, 15) is 8.42 Å². The van der Waals surface area contributed by atoms with Crippen LogP contribution in [0.25, 0.3) is 11.0 Å². The maximum Gasteiger partial charge on any atom is 0.244 e. The number of pyridine rings is 1. The highest BCUT2D eigenvalue weighted by molar-refractivity contribution is 7.89. The summed E-state index contributed by atoms with van der Waals surface area (Å²) in [6.45, 7) is 6.27. The second-order valence-corrected chi connectivity index (χ2v) is 7.86. The second-order valence-electron chi connectivity index (χ2n) is 5.93. The van der Waals surface area contributed by atoms with Gasteiger partial charge in [-0.3, -0.25) is 5.43 Å². The van der Waals surface area contributed by atoms with Gasteiger partial charge in [-0.1, -0.05) is 32.0 Å². The molecule has 27 heavy (non-hydrogen) atoms. The molecular weight excluding hydrogens is 364 g/mol. The molecular formula is C19H22N4O3S. The smallest absolute Gasteiger partial charge is 0.244 e. The Morgan fingerprint density at radius 2 is 1.93 bits per heavy atom. The number of sulfonamides is 1. The first-order valence-corrected chi connectivity index (χ1v) is 10.1. The molecule has 2 aromatic heterocycles. The first-order valence-electron chi connectivity index (χ1n) is 8.71. The van der Waals surface area contributed by atoms with Crippen LogP contribution >= 0.6 is 0 Å². The summed E-state index contributed by atoms with van der Waals surface area (Å²) in [4.78, 5) is 4.31. The van der Waals surface area contributed by atoms with Gasteiger partial charge in [0.2, 0.25) is 10.0 Å². The predicted octanol–water partition coefficient (Wildman–Crippen LogP) is 3.69. The van der Waals surface area contributed by atoms with E-state index in [0.29, 0.717) is 30.4 Å². The van der Waals surface area contributed by atoms with E-state index >= 15 is 0 Å². The van der Waals surface area contributed by atoms with E-state index in [1.54, 1.807) is 19.9 Å². The number of benzene rings is 1. The largest absolute Gasteiger partial charge is 0.455 e. The summed E-state index contributed by atoms with van der Waals surface area (Å²) in [5, 5.41) is 5.28. The molecule has 0 aliphatic rings. The zero-order valence-corrected chi connectivity index (χ0v) is 16.3. The third-order valence-corrected chi connectivity index (χ3v) is 6.23. The first-order chi connectivity index (χ1) is 13.0. The number of fused-ring (bicyclic) bond motifs is 1. The summed E-state index contributed by atoms with van der Waals surface area (Å²) in [7, 11) is -3.51. The number of hydrogen-bond donors (Lipinski definition) is 1. The lowest BCUT2D eigenvalue weighted by molar-refractivity contribution is 0.445. The van der Waals surface area contributed by atoms with Gasteiger partial charge in [-0.05, 0) is 31.2 Å². The van der Waals surface area contributed by atoms with Gasteiger partial charge in [0, 0.05) is 24.7 Å². The molecule has 3 rings (SSSR count). The SMILES string of the molecule is CCN(CC)S(=O)(=O)c1ccc(N/N=C(\C)c2cc3ccccc3o2)nc1. The van der Waals surface area contributed by atoms with Gasteiger partial charge < -0.3 is 4.42 Å². The van der Waals surface area contributed by atoms with E-state index in [4.69, 9.17) is 4.42 Å². The third kappa shape index (κ3) is 4.01. The summed E-state index contributed by atoms with van der Waals surface area (Å²) in [6, 6.07) is 12.8. The van der Waals surface area contributed by atoms with Crippen molar-refractivity contribution in [3.8, 4) is 0 Å².